The minimum Gasteiger partial charge on any atom is -0.295 e. The molecule has 1 fully saturated rings. The first-order valence-electron chi connectivity index (χ1n) is 5.06. The highest BCUT2D eigenvalue weighted by atomic mass is 32.2. The first-order chi connectivity index (χ1) is 7.48. The zero-order chi connectivity index (χ0) is 11.8. The lowest BCUT2D eigenvalue weighted by atomic mass is 10.1. The van der Waals surface area contributed by atoms with E-state index in [1.165, 1.54) is 21.6 Å². The molecule has 1 aliphatic rings. The molecule has 1 N–H and O–H groups in total. The predicted molar refractivity (Wildman–Crippen MR) is 57.5 cm³/mol. The number of aromatic amines is 1. The average molecular weight is 246 g/mol. The quantitative estimate of drug-likeness (QED) is 0.737. The van der Waals surface area contributed by atoms with Gasteiger partial charge in [-0.3, -0.25) is 4.98 Å². The first-order valence-corrected chi connectivity index (χ1v) is 6.90. The van der Waals surface area contributed by atoms with Gasteiger partial charge < -0.3 is 0 Å². The van der Waals surface area contributed by atoms with Gasteiger partial charge in [0.25, 0.3) is 0 Å². The molecule has 1 aromatic heterocycles. The highest BCUT2D eigenvalue weighted by molar-refractivity contribution is 7.88. The molecule has 0 bridgehead atoms. The SMILES string of the molecule is CS(=O)(=O)N1CCC(n2nc[nH]c2=O)CC1. The van der Waals surface area contributed by atoms with Crippen molar-refractivity contribution < 1.29 is 8.42 Å². The van der Waals surface area contributed by atoms with Crippen LogP contribution in [0.2, 0.25) is 0 Å². The summed E-state index contributed by atoms with van der Waals surface area (Å²) < 4.78 is 25.4. The summed E-state index contributed by atoms with van der Waals surface area (Å²) in [5, 5.41) is 3.91. The summed E-state index contributed by atoms with van der Waals surface area (Å²) in [5.74, 6) is 0. The second kappa shape index (κ2) is 4.02. The van der Waals surface area contributed by atoms with Gasteiger partial charge in [-0.05, 0) is 12.8 Å². The van der Waals surface area contributed by atoms with Crippen molar-refractivity contribution in [2.24, 2.45) is 0 Å². The molecule has 0 radical (unpaired) electrons. The minimum atomic E-state index is -3.11. The summed E-state index contributed by atoms with van der Waals surface area (Å²) in [5.41, 5.74) is -0.238. The molecule has 8 heteroatoms. The molecule has 1 saturated heterocycles. The molecule has 1 aromatic rings. The van der Waals surface area contributed by atoms with Crippen LogP contribution >= 0.6 is 0 Å². The lowest BCUT2D eigenvalue weighted by Gasteiger charge is -2.29. The van der Waals surface area contributed by atoms with Gasteiger partial charge in [0.2, 0.25) is 10.0 Å². The average Bonchev–Trinajstić information content (AvgIpc) is 2.63. The number of hydrogen-bond acceptors (Lipinski definition) is 4. The van der Waals surface area contributed by atoms with E-state index in [0.29, 0.717) is 25.9 Å². The molecule has 0 unspecified atom stereocenters. The fourth-order valence-corrected chi connectivity index (χ4v) is 2.82. The Morgan fingerprint density at radius 3 is 2.50 bits per heavy atom. The highest BCUT2D eigenvalue weighted by Crippen LogP contribution is 2.21. The standard InChI is InChI=1S/C8H14N4O3S/c1-16(14,15)11-4-2-7(3-5-11)12-8(13)9-6-10-12/h6-7H,2-5H2,1H3,(H,9,10,13). The van der Waals surface area contributed by atoms with Crippen molar-refractivity contribution in [2.45, 2.75) is 18.9 Å². The topological polar surface area (TPSA) is 88.1 Å². The summed E-state index contributed by atoms with van der Waals surface area (Å²) in [7, 11) is -3.11. The third-order valence-electron chi connectivity index (χ3n) is 2.82. The van der Waals surface area contributed by atoms with Crippen molar-refractivity contribution in [2.75, 3.05) is 19.3 Å². The van der Waals surface area contributed by atoms with Crippen LogP contribution in [0.1, 0.15) is 18.9 Å². The van der Waals surface area contributed by atoms with Crippen molar-refractivity contribution in [1.29, 1.82) is 0 Å². The number of piperidine rings is 1. The van der Waals surface area contributed by atoms with E-state index in [0.717, 1.165) is 0 Å². The Hall–Kier alpha value is -1.15. The van der Waals surface area contributed by atoms with Crippen LogP contribution in [0.25, 0.3) is 0 Å². The molecule has 0 aliphatic carbocycles. The second-order valence-electron chi connectivity index (χ2n) is 3.93. The maximum atomic E-state index is 11.3. The Morgan fingerprint density at radius 2 is 2.06 bits per heavy atom. The van der Waals surface area contributed by atoms with Crippen LogP contribution in [0, 0.1) is 0 Å². The van der Waals surface area contributed by atoms with Gasteiger partial charge in [0, 0.05) is 13.1 Å². The molecule has 0 spiro atoms. The van der Waals surface area contributed by atoms with E-state index < -0.39 is 10.0 Å². The van der Waals surface area contributed by atoms with E-state index in [-0.39, 0.29) is 11.7 Å². The number of sulfonamides is 1. The van der Waals surface area contributed by atoms with Crippen LogP contribution in [0.4, 0.5) is 0 Å². The van der Waals surface area contributed by atoms with Gasteiger partial charge in [-0.2, -0.15) is 5.10 Å². The molecule has 0 aromatic carbocycles. The van der Waals surface area contributed by atoms with Crippen LogP contribution in [0.3, 0.4) is 0 Å². The second-order valence-corrected chi connectivity index (χ2v) is 5.91. The lowest BCUT2D eigenvalue weighted by molar-refractivity contribution is 0.258. The van der Waals surface area contributed by atoms with Crippen LogP contribution in [0.5, 0.6) is 0 Å². The maximum Gasteiger partial charge on any atom is 0.343 e. The maximum absolute atomic E-state index is 11.3. The minimum absolute atomic E-state index is 0.00301. The van der Waals surface area contributed by atoms with Crippen molar-refractivity contribution in [3.8, 4) is 0 Å². The number of nitrogens with zero attached hydrogens (tertiary/aromatic N) is 3. The fourth-order valence-electron chi connectivity index (χ4n) is 1.94. The third-order valence-corrected chi connectivity index (χ3v) is 4.12. The molecular formula is C8H14N4O3S. The van der Waals surface area contributed by atoms with Crippen molar-refractivity contribution >= 4 is 10.0 Å². The molecular weight excluding hydrogens is 232 g/mol. The van der Waals surface area contributed by atoms with Crippen molar-refractivity contribution in [3.63, 3.8) is 0 Å². The van der Waals surface area contributed by atoms with Gasteiger partial charge in [-0.25, -0.2) is 22.2 Å². The van der Waals surface area contributed by atoms with Gasteiger partial charge >= 0.3 is 5.69 Å². The largest absolute Gasteiger partial charge is 0.343 e. The molecule has 1 aliphatic heterocycles. The van der Waals surface area contributed by atoms with Crippen molar-refractivity contribution in [3.05, 3.63) is 16.8 Å². The number of nitrogens with one attached hydrogen (secondary N) is 1. The van der Waals surface area contributed by atoms with Gasteiger partial charge in [-0.15, -0.1) is 0 Å². The van der Waals surface area contributed by atoms with E-state index in [9.17, 15) is 13.2 Å². The number of hydrogen-bond donors (Lipinski definition) is 1. The van der Waals surface area contributed by atoms with E-state index in [1.54, 1.807) is 0 Å². The molecule has 2 rings (SSSR count). The third kappa shape index (κ3) is 2.17. The number of aromatic nitrogens is 3. The fraction of sp³-hybridized carbons (Fsp3) is 0.750. The molecule has 0 saturated carbocycles. The first kappa shape index (κ1) is 11.3. The van der Waals surface area contributed by atoms with Crippen LogP contribution < -0.4 is 5.69 Å². The van der Waals surface area contributed by atoms with Crippen LogP contribution in [0.15, 0.2) is 11.1 Å². The Morgan fingerprint density at radius 1 is 1.44 bits per heavy atom. The van der Waals surface area contributed by atoms with Crippen LogP contribution in [-0.2, 0) is 10.0 Å². The van der Waals surface area contributed by atoms with E-state index >= 15 is 0 Å². The summed E-state index contributed by atoms with van der Waals surface area (Å²) in [6.45, 7) is 0.894. The monoisotopic (exact) mass is 246 g/mol. The van der Waals surface area contributed by atoms with E-state index in [2.05, 4.69) is 10.1 Å². The van der Waals surface area contributed by atoms with Gasteiger partial charge in [0.15, 0.2) is 0 Å². The highest BCUT2D eigenvalue weighted by Gasteiger charge is 2.26. The molecule has 0 amide bonds. The zero-order valence-corrected chi connectivity index (χ0v) is 9.77. The lowest BCUT2D eigenvalue weighted by Crippen LogP contribution is -2.40. The Bertz CT molecular complexity index is 509. The van der Waals surface area contributed by atoms with E-state index in [4.69, 9.17) is 0 Å². The Kier molecular flexibility index (Phi) is 2.85. The molecule has 0 atom stereocenters. The van der Waals surface area contributed by atoms with E-state index in [1.807, 2.05) is 0 Å². The molecule has 7 nitrogen and oxygen atoms in total. The van der Waals surface area contributed by atoms with Gasteiger partial charge in [0.05, 0.1) is 12.3 Å². The summed E-state index contributed by atoms with van der Waals surface area (Å²) in [6.07, 6.45) is 3.80. The Labute approximate surface area is 93.1 Å². The Balaban J connectivity index is 2.07. The number of rotatable bonds is 2. The summed E-state index contributed by atoms with van der Waals surface area (Å²) in [4.78, 5) is 13.8. The summed E-state index contributed by atoms with van der Waals surface area (Å²) >= 11 is 0. The van der Waals surface area contributed by atoms with Gasteiger partial charge in [0.1, 0.15) is 6.33 Å². The predicted octanol–water partition coefficient (Wildman–Crippen LogP) is -0.832. The molecule has 2 heterocycles. The van der Waals surface area contributed by atoms with Gasteiger partial charge in [-0.1, -0.05) is 0 Å². The zero-order valence-electron chi connectivity index (χ0n) is 8.96. The van der Waals surface area contributed by atoms with Crippen LogP contribution in [-0.4, -0.2) is 46.8 Å². The van der Waals surface area contributed by atoms with Crippen molar-refractivity contribution in [1.82, 2.24) is 19.1 Å². The summed E-state index contributed by atoms with van der Waals surface area (Å²) in [6, 6.07) is -0.00301. The smallest absolute Gasteiger partial charge is 0.295 e. The molecule has 16 heavy (non-hydrogen) atoms. The normalized spacial score (nSPS) is 20.1. The number of H-pyrrole nitrogens is 1. The molecule has 90 valence electrons.